The lowest BCUT2D eigenvalue weighted by molar-refractivity contribution is 0.145. The average Bonchev–Trinajstić information content (AvgIpc) is 2.33. The topological polar surface area (TPSA) is 41.5 Å². The Kier molecular flexibility index (Phi) is 6.76. The predicted molar refractivity (Wildman–Crippen MR) is 74.2 cm³/mol. The summed E-state index contributed by atoms with van der Waals surface area (Å²) >= 11 is 0. The molecule has 1 aliphatic carbocycles. The minimum Gasteiger partial charge on any atom is -0.377 e. The van der Waals surface area contributed by atoms with Crippen LogP contribution in [0.3, 0.4) is 0 Å². The minimum atomic E-state index is 0.337. The van der Waals surface area contributed by atoms with E-state index in [1.165, 1.54) is 5.57 Å². The van der Waals surface area contributed by atoms with E-state index in [9.17, 15) is 0 Å². The molecule has 2 N–H and O–H groups in total. The van der Waals surface area contributed by atoms with Crippen LogP contribution in [0, 0.1) is 17.8 Å². The van der Waals surface area contributed by atoms with Crippen molar-refractivity contribution in [3.05, 3.63) is 36.1 Å². The van der Waals surface area contributed by atoms with Gasteiger partial charge in [-0.3, -0.25) is 10.7 Å². The first-order valence-corrected chi connectivity index (χ1v) is 6.66. The van der Waals surface area contributed by atoms with Crippen molar-refractivity contribution in [2.45, 2.75) is 27.2 Å². The quantitative estimate of drug-likeness (QED) is 0.539. The molecule has 1 rings (SSSR count). The van der Waals surface area contributed by atoms with E-state index in [4.69, 9.17) is 9.94 Å². The summed E-state index contributed by atoms with van der Waals surface area (Å²) in [6.45, 7) is 8.11. The molecule has 0 heterocycles. The normalized spacial score (nSPS) is 23.7. The summed E-state index contributed by atoms with van der Waals surface area (Å²) < 4.78 is 5.66. The molecule has 0 aromatic rings. The third-order valence-corrected chi connectivity index (χ3v) is 3.12. The van der Waals surface area contributed by atoms with Gasteiger partial charge >= 0.3 is 0 Å². The molecule has 0 spiro atoms. The fourth-order valence-electron chi connectivity index (χ4n) is 1.91. The van der Waals surface area contributed by atoms with Crippen LogP contribution in [0.2, 0.25) is 0 Å². The number of rotatable bonds is 7. The fourth-order valence-corrected chi connectivity index (χ4v) is 1.91. The van der Waals surface area contributed by atoms with E-state index in [1.807, 2.05) is 11.6 Å². The van der Waals surface area contributed by atoms with Gasteiger partial charge in [0.15, 0.2) is 0 Å². The maximum Gasteiger partial charge on any atom is 0.0713 e. The average molecular weight is 251 g/mol. The molecule has 102 valence electrons. The smallest absolute Gasteiger partial charge is 0.0713 e. The maximum absolute atomic E-state index is 8.53. The standard InChI is InChI=1S/C15H25NO2/c1-12(2)7-9-18-11-14-4-5-15(6-8-16-17)13(3)10-14/h4-6,8,10,12-13,15-17H,7,9,11H2,1-3H3/b8-6+/t13-,15?/m0/s1. The Morgan fingerprint density at radius 3 is 2.89 bits per heavy atom. The summed E-state index contributed by atoms with van der Waals surface area (Å²) in [6.07, 6.45) is 11.1. The molecule has 0 aromatic heterocycles. The van der Waals surface area contributed by atoms with Crippen molar-refractivity contribution < 1.29 is 9.94 Å². The van der Waals surface area contributed by atoms with E-state index < -0.39 is 0 Å². The first-order chi connectivity index (χ1) is 8.63. The lowest BCUT2D eigenvalue weighted by atomic mass is 9.87. The highest BCUT2D eigenvalue weighted by atomic mass is 16.5. The lowest BCUT2D eigenvalue weighted by Crippen LogP contribution is -2.12. The Hall–Kier alpha value is -1.06. The molecule has 0 saturated heterocycles. The highest BCUT2D eigenvalue weighted by Crippen LogP contribution is 2.23. The molecule has 2 atom stereocenters. The van der Waals surface area contributed by atoms with Crippen LogP contribution in [0.4, 0.5) is 0 Å². The highest BCUT2D eigenvalue weighted by molar-refractivity contribution is 5.27. The summed E-state index contributed by atoms with van der Waals surface area (Å²) in [4.78, 5) is 0. The third kappa shape index (κ3) is 5.52. The van der Waals surface area contributed by atoms with E-state index >= 15 is 0 Å². The lowest BCUT2D eigenvalue weighted by Gasteiger charge is -2.20. The summed E-state index contributed by atoms with van der Waals surface area (Å²) in [5, 5.41) is 8.53. The molecular weight excluding hydrogens is 226 g/mol. The first-order valence-electron chi connectivity index (χ1n) is 6.66. The van der Waals surface area contributed by atoms with Crippen LogP contribution in [0.15, 0.2) is 36.1 Å². The van der Waals surface area contributed by atoms with Crippen molar-refractivity contribution in [2.75, 3.05) is 13.2 Å². The monoisotopic (exact) mass is 251 g/mol. The van der Waals surface area contributed by atoms with Crippen LogP contribution in [0.5, 0.6) is 0 Å². The molecule has 1 unspecified atom stereocenters. The molecule has 0 aliphatic heterocycles. The Morgan fingerprint density at radius 1 is 1.50 bits per heavy atom. The second-order valence-corrected chi connectivity index (χ2v) is 5.26. The van der Waals surface area contributed by atoms with Gasteiger partial charge in [0.25, 0.3) is 0 Å². The van der Waals surface area contributed by atoms with Gasteiger partial charge in [-0.05, 0) is 23.8 Å². The van der Waals surface area contributed by atoms with Crippen LogP contribution in [-0.2, 0) is 4.74 Å². The second kappa shape index (κ2) is 8.11. The number of allylic oxidation sites excluding steroid dienone is 3. The Morgan fingerprint density at radius 2 is 2.28 bits per heavy atom. The largest absolute Gasteiger partial charge is 0.377 e. The summed E-state index contributed by atoms with van der Waals surface area (Å²) in [6, 6.07) is 0. The third-order valence-electron chi connectivity index (χ3n) is 3.12. The Balaban J connectivity index is 2.33. The highest BCUT2D eigenvalue weighted by Gasteiger charge is 2.14. The van der Waals surface area contributed by atoms with Gasteiger partial charge in [-0.2, -0.15) is 0 Å². The second-order valence-electron chi connectivity index (χ2n) is 5.26. The number of hydrogen-bond acceptors (Lipinski definition) is 3. The Bertz CT molecular complexity index is 318. The summed E-state index contributed by atoms with van der Waals surface area (Å²) in [7, 11) is 0. The molecule has 0 aromatic carbocycles. The van der Waals surface area contributed by atoms with Gasteiger partial charge < -0.3 is 4.74 Å². The number of ether oxygens (including phenoxy) is 1. The van der Waals surface area contributed by atoms with Gasteiger partial charge in [0.1, 0.15) is 0 Å². The summed E-state index contributed by atoms with van der Waals surface area (Å²) in [5.74, 6) is 1.47. The molecule has 0 fully saturated rings. The van der Waals surface area contributed by atoms with Gasteiger partial charge in [-0.1, -0.05) is 45.1 Å². The molecular formula is C15H25NO2. The molecule has 0 radical (unpaired) electrons. The van der Waals surface area contributed by atoms with Gasteiger partial charge in [-0.25, -0.2) is 0 Å². The molecule has 3 nitrogen and oxygen atoms in total. The zero-order chi connectivity index (χ0) is 13.4. The molecule has 0 amide bonds. The SMILES string of the molecule is CC(C)CCOCC1=C[C@H](C)C(/C=C/NO)C=C1. The fraction of sp³-hybridized carbons (Fsp3) is 0.600. The molecule has 0 saturated carbocycles. The van der Waals surface area contributed by atoms with Gasteiger partial charge in [0.2, 0.25) is 0 Å². The minimum absolute atomic E-state index is 0.337. The molecule has 3 heteroatoms. The maximum atomic E-state index is 8.53. The predicted octanol–water partition coefficient (Wildman–Crippen LogP) is 3.29. The van der Waals surface area contributed by atoms with Crippen molar-refractivity contribution >= 4 is 0 Å². The van der Waals surface area contributed by atoms with Crippen molar-refractivity contribution in [2.24, 2.45) is 17.8 Å². The van der Waals surface area contributed by atoms with Gasteiger partial charge in [0.05, 0.1) is 6.61 Å². The van der Waals surface area contributed by atoms with E-state index in [-0.39, 0.29) is 0 Å². The number of hydroxylamine groups is 1. The zero-order valence-electron chi connectivity index (χ0n) is 11.6. The molecule has 0 bridgehead atoms. The van der Waals surface area contributed by atoms with E-state index in [2.05, 4.69) is 39.0 Å². The van der Waals surface area contributed by atoms with Crippen molar-refractivity contribution in [3.8, 4) is 0 Å². The van der Waals surface area contributed by atoms with Gasteiger partial charge in [0, 0.05) is 18.7 Å². The first kappa shape index (κ1) is 15.0. The van der Waals surface area contributed by atoms with Gasteiger partial charge in [-0.15, -0.1) is 0 Å². The van der Waals surface area contributed by atoms with Crippen molar-refractivity contribution in [3.63, 3.8) is 0 Å². The molecule has 1 aliphatic rings. The zero-order valence-corrected chi connectivity index (χ0v) is 11.6. The number of hydrogen-bond donors (Lipinski definition) is 2. The summed E-state index contributed by atoms with van der Waals surface area (Å²) in [5.41, 5.74) is 3.28. The number of nitrogens with one attached hydrogen (secondary N) is 1. The Labute approximate surface area is 110 Å². The van der Waals surface area contributed by atoms with E-state index in [0.29, 0.717) is 24.4 Å². The van der Waals surface area contributed by atoms with Crippen LogP contribution in [-0.4, -0.2) is 18.4 Å². The van der Waals surface area contributed by atoms with Crippen LogP contribution in [0.1, 0.15) is 27.2 Å². The van der Waals surface area contributed by atoms with Crippen LogP contribution < -0.4 is 5.48 Å². The van der Waals surface area contributed by atoms with E-state index in [0.717, 1.165) is 13.0 Å². The van der Waals surface area contributed by atoms with Crippen molar-refractivity contribution in [1.82, 2.24) is 5.48 Å². The van der Waals surface area contributed by atoms with Crippen molar-refractivity contribution in [1.29, 1.82) is 0 Å². The van der Waals surface area contributed by atoms with Crippen LogP contribution in [0.25, 0.3) is 0 Å². The van der Waals surface area contributed by atoms with Crippen LogP contribution >= 0.6 is 0 Å². The molecule has 18 heavy (non-hydrogen) atoms. The van der Waals surface area contributed by atoms with E-state index in [1.54, 1.807) is 6.20 Å².